The van der Waals surface area contributed by atoms with Crippen molar-refractivity contribution in [3.05, 3.63) is 62.2 Å². The van der Waals surface area contributed by atoms with E-state index in [1.54, 1.807) is 0 Å². The average molecular weight is 572 g/mol. The number of anilines is 1. The third kappa shape index (κ3) is 4.63. The summed E-state index contributed by atoms with van der Waals surface area (Å²) in [5, 5.41) is 0. The molecular formula is C28H34IN3O2. The largest absolute Gasteiger partial charge is 0.340 e. The highest BCUT2D eigenvalue weighted by Gasteiger charge is 2.40. The summed E-state index contributed by atoms with van der Waals surface area (Å²) in [5.74, 6) is 0.155. The Morgan fingerprint density at radius 3 is 2.38 bits per heavy atom. The highest BCUT2D eigenvalue weighted by molar-refractivity contribution is 14.1. The zero-order valence-corrected chi connectivity index (χ0v) is 22.4. The quantitative estimate of drug-likeness (QED) is 0.457. The van der Waals surface area contributed by atoms with E-state index in [0.29, 0.717) is 12.5 Å². The predicted molar refractivity (Wildman–Crippen MR) is 144 cm³/mol. The molecule has 5 nitrogen and oxygen atoms in total. The molecule has 6 heteroatoms. The number of hydrogen-bond donors (Lipinski definition) is 0. The second kappa shape index (κ2) is 9.97. The monoisotopic (exact) mass is 571 g/mol. The van der Waals surface area contributed by atoms with Crippen LogP contribution in [-0.4, -0.2) is 53.8 Å². The third-order valence-electron chi connectivity index (χ3n) is 8.00. The molecule has 180 valence electrons. The van der Waals surface area contributed by atoms with Gasteiger partial charge < -0.3 is 9.80 Å². The van der Waals surface area contributed by atoms with Crippen LogP contribution in [0.5, 0.6) is 0 Å². The van der Waals surface area contributed by atoms with Crippen LogP contribution < -0.4 is 4.90 Å². The molecule has 0 spiro atoms. The smallest absolute Gasteiger partial charge is 0.259 e. The van der Waals surface area contributed by atoms with Gasteiger partial charge in [-0.3, -0.25) is 14.5 Å². The lowest BCUT2D eigenvalue weighted by molar-refractivity contribution is -0.133. The Morgan fingerprint density at radius 2 is 1.68 bits per heavy atom. The van der Waals surface area contributed by atoms with Crippen molar-refractivity contribution in [2.45, 2.75) is 64.5 Å². The molecule has 0 bridgehead atoms. The Bertz CT molecular complexity index is 1090. The Hall–Kier alpha value is -1.93. The maximum atomic E-state index is 13.6. The Kier molecular flexibility index (Phi) is 6.98. The molecule has 2 amide bonds. The SMILES string of the molecule is Cc1cc2c(cc1C)C(CC(=O)N1CCN(C3CCCCC3)CC1)N(c1cccc(I)c1)C2=O. The number of carbonyl (C=O) groups excluding carboxylic acids is 2. The van der Waals surface area contributed by atoms with E-state index in [0.717, 1.165) is 57.7 Å². The van der Waals surface area contributed by atoms with Gasteiger partial charge in [0.05, 0.1) is 12.5 Å². The maximum absolute atomic E-state index is 13.6. The van der Waals surface area contributed by atoms with Crippen molar-refractivity contribution in [2.24, 2.45) is 0 Å². The van der Waals surface area contributed by atoms with Crippen molar-refractivity contribution in [3.63, 3.8) is 0 Å². The predicted octanol–water partition coefficient (Wildman–Crippen LogP) is 5.48. The van der Waals surface area contributed by atoms with Gasteiger partial charge in [-0.1, -0.05) is 31.4 Å². The van der Waals surface area contributed by atoms with Gasteiger partial charge in [0.1, 0.15) is 0 Å². The number of aryl methyl sites for hydroxylation is 2. The molecule has 0 radical (unpaired) electrons. The number of hydrogen-bond acceptors (Lipinski definition) is 3. The second-order valence-electron chi connectivity index (χ2n) is 10.1. The molecule has 2 aromatic rings. The fourth-order valence-corrected chi connectivity index (χ4v) is 6.44. The van der Waals surface area contributed by atoms with E-state index in [4.69, 9.17) is 0 Å². The molecule has 3 aliphatic rings. The molecule has 2 heterocycles. The van der Waals surface area contributed by atoms with Gasteiger partial charge in [0, 0.05) is 47.0 Å². The topological polar surface area (TPSA) is 43.9 Å². The molecule has 0 N–H and O–H groups in total. The zero-order chi connectivity index (χ0) is 23.8. The lowest BCUT2D eigenvalue weighted by Crippen LogP contribution is -2.52. The number of amides is 2. The van der Waals surface area contributed by atoms with E-state index in [-0.39, 0.29) is 17.9 Å². The van der Waals surface area contributed by atoms with Crippen LogP contribution in [0.25, 0.3) is 0 Å². The number of rotatable bonds is 4. The molecule has 1 atom stereocenters. The van der Waals surface area contributed by atoms with Crippen LogP contribution in [0.15, 0.2) is 36.4 Å². The van der Waals surface area contributed by atoms with Crippen LogP contribution in [0, 0.1) is 17.4 Å². The third-order valence-corrected chi connectivity index (χ3v) is 8.67. The second-order valence-corrected chi connectivity index (χ2v) is 11.4. The molecule has 2 aromatic carbocycles. The van der Waals surface area contributed by atoms with E-state index < -0.39 is 0 Å². The van der Waals surface area contributed by atoms with Crippen molar-refractivity contribution in [3.8, 4) is 0 Å². The fraction of sp³-hybridized carbons (Fsp3) is 0.500. The van der Waals surface area contributed by atoms with Gasteiger partial charge in [0.15, 0.2) is 0 Å². The minimum absolute atomic E-state index is 0.0000165. The van der Waals surface area contributed by atoms with E-state index >= 15 is 0 Å². The fourth-order valence-electron chi connectivity index (χ4n) is 5.91. The normalized spacial score (nSPS) is 21.7. The highest BCUT2D eigenvalue weighted by atomic mass is 127. The number of fused-ring (bicyclic) bond motifs is 1. The Morgan fingerprint density at radius 1 is 0.971 bits per heavy atom. The molecular weight excluding hydrogens is 537 g/mol. The van der Waals surface area contributed by atoms with Crippen LogP contribution in [0.4, 0.5) is 5.69 Å². The summed E-state index contributed by atoms with van der Waals surface area (Å²) >= 11 is 2.28. The molecule has 1 saturated carbocycles. The number of nitrogens with zero attached hydrogens (tertiary/aromatic N) is 3. The average Bonchev–Trinajstić information content (AvgIpc) is 3.10. The van der Waals surface area contributed by atoms with Crippen molar-refractivity contribution < 1.29 is 9.59 Å². The van der Waals surface area contributed by atoms with Crippen molar-refractivity contribution in [1.82, 2.24) is 9.80 Å². The first-order valence-electron chi connectivity index (χ1n) is 12.6. The van der Waals surface area contributed by atoms with Gasteiger partial charge in [0.2, 0.25) is 5.91 Å². The van der Waals surface area contributed by atoms with Crippen LogP contribution in [0.1, 0.15) is 71.6 Å². The van der Waals surface area contributed by atoms with Crippen LogP contribution in [0.3, 0.4) is 0 Å². The number of halogens is 1. The van der Waals surface area contributed by atoms with E-state index in [9.17, 15) is 9.59 Å². The lowest BCUT2D eigenvalue weighted by Gasteiger charge is -2.41. The van der Waals surface area contributed by atoms with Gasteiger partial charge in [-0.15, -0.1) is 0 Å². The first-order valence-corrected chi connectivity index (χ1v) is 13.7. The van der Waals surface area contributed by atoms with Gasteiger partial charge in [-0.25, -0.2) is 0 Å². The molecule has 1 unspecified atom stereocenters. The van der Waals surface area contributed by atoms with Crippen molar-refractivity contribution in [1.29, 1.82) is 0 Å². The van der Waals surface area contributed by atoms with Crippen LogP contribution in [0.2, 0.25) is 0 Å². The van der Waals surface area contributed by atoms with Crippen LogP contribution >= 0.6 is 22.6 Å². The maximum Gasteiger partial charge on any atom is 0.259 e. The molecule has 1 aliphatic carbocycles. The summed E-state index contributed by atoms with van der Waals surface area (Å²) in [7, 11) is 0. The van der Waals surface area contributed by atoms with E-state index in [2.05, 4.69) is 40.5 Å². The molecule has 2 fully saturated rings. The van der Waals surface area contributed by atoms with Crippen LogP contribution in [-0.2, 0) is 4.79 Å². The summed E-state index contributed by atoms with van der Waals surface area (Å²) in [6.45, 7) is 7.64. The van der Waals surface area contributed by atoms with E-state index in [1.807, 2.05) is 47.1 Å². The molecule has 34 heavy (non-hydrogen) atoms. The van der Waals surface area contributed by atoms with Gasteiger partial charge in [-0.2, -0.15) is 0 Å². The van der Waals surface area contributed by atoms with Gasteiger partial charge >= 0.3 is 0 Å². The van der Waals surface area contributed by atoms with Gasteiger partial charge in [-0.05, 0) is 90.2 Å². The Balaban J connectivity index is 1.36. The summed E-state index contributed by atoms with van der Waals surface area (Å²) in [5.41, 5.74) is 4.86. The summed E-state index contributed by atoms with van der Waals surface area (Å²) < 4.78 is 1.08. The minimum atomic E-state index is -0.260. The standard InChI is InChI=1S/C28H34IN3O2/c1-19-15-24-25(16-20(19)2)28(34)32(23-10-6-7-21(29)17-23)26(24)18-27(33)31-13-11-30(12-14-31)22-8-4-3-5-9-22/h6-7,10,15-17,22,26H,3-5,8-9,11-14,18H2,1-2H3. The lowest BCUT2D eigenvalue weighted by atomic mass is 9.93. The summed E-state index contributed by atoms with van der Waals surface area (Å²) in [6, 6.07) is 12.6. The molecule has 5 rings (SSSR count). The first kappa shape index (κ1) is 23.8. The summed E-state index contributed by atoms with van der Waals surface area (Å²) in [6.07, 6.45) is 6.98. The zero-order valence-electron chi connectivity index (χ0n) is 20.2. The van der Waals surface area contributed by atoms with Crippen molar-refractivity contribution >= 4 is 40.1 Å². The minimum Gasteiger partial charge on any atom is -0.340 e. The molecule has 0 aromatic heterocycles. The summed E-state index contributed by atoms with van der Waals surface area (Å²) in [4.78, 5) is 33.5. The number of carbonyl (C=O) groups is 2. The first-order chi connectivity index (χ1) is 16.4. The van der Waals surface area contributed by atoms with Crippen molar-refractivity contribution in [2.75, 3.05) is 31.1 Å². The number of benzene rings is 2. The van der Waals surface area contributed by atoms with E-state index in [1.165, 1.54) is 32.1 Å². The van der Waals surface area contributed by atoms with Gasteiger partial charge in [0.25, 0.3) is 5.91 Å². The molecule has 2 aliphatic heterocycles. The Labute approximate surface area is 216 Å². The number of piperazine rings is 1. The molecule has 1 saturated heterocycles. The highest BCUT2D eigenvalue weighted by Crippen LogP contribution is 2.41.